The van der Waals surface area contributed by atoms with Gasteiger partial charge < -0.3 is 14.6 Å². The Kier molecular flexibility index (Phi) is 3.95. The summed E-state index contributed by atoms with van der Waals surface area (Å²) in [4.78, 5) is 13.7. The van der Waals surface area contributed by atoms with E-state index in [1.54, 1.807) is 0 Å². The van der Waals surface area contributed by atoms with Crippen LogP contribution in [0.2, 0.25) is 0 Å². The molecule has 0 amide bonds. The fourth-order valence-corrected chi connectivity index (χ4v) is 4.42. The lowest BCUT2D eigenvalue weighted by atomic mass is 9.95. The van der Waals surface area contributed by atoms with Crippen LogP contribution in [0.3, 0.4) is 0 Å². The molecule has 1 aromatic heterocycles. The van der Waals surface area contributed by atoms with Crippen molar-refractivity contribution in [2.24, 2.45) is 0 Å². The Morgan fingerprint density at radius 2 is 1.82 bits per heavy atom. The largest absolute Gasteiger partial charge is 0.485 e. The normalized spacial score (nSPS) is 15.7. The maximum atomic E-state index is 13.7. The molecule has 140 valence electrons. The van der Waals surface area contributed by atoms with Gasteiger partial charge in [-0.15, -0.1) is 0 Å². The first kappa shape index (κ1) is 17.0. The minimum absolute atomic E-state index is 0.0507. The summed E-state index contributed by atoms with van der Waals surface area (Å²) in [5.74, 6) is 0.923. The molecule has 28 heavy (non-hydrogen) atoms. The van der Waals surface area contributed by atoms with Crippen LogP contribution in [0.5, 0.6) is 5.75 Å². The molecule has 5 rings (SSSR count). The fourth-order valence-electron chi connectivity index (χ4n) is 4.42. The predicted octanol–water partition coefficient (Wildman–Crippen LogP) is 4.31. The Balaban J connectivity index is 1.72. The monoisotopic (exact) mass is 370 g/mol. The summed E-state index contributed by atoms with van der Waals surface area (Å²) < 4.78 is 8.42. The lowest BCUT2D eigenvalue weighted by Gasteiger charge is -2.26. The van der Waals surface area contributed by atoms with E-state index in [2.05, 4.69) is 9.88 Å². The van der Waals surface area contributed by atoms with E-state index >= 15 is 0 Å². The molecule has 0 saturated heterocycles. The molecule has 0 aliphatic carbocycles. The third kappa shape index (κ3) is 2.45. The van der Waals surface area contributed by atoms with Gasteiger partial charge in [0.15, 0.2) is 5.78 Å². The van der Waals surface area contributed by atoms with E-state index in [1.807, 2.05) is 74.6 Å². The van der Waals surface area contributed by atoms with E-state index in [1.165, 1.54) is 0 Å². The second-order valence-electron chi connectivity index (χ2n) is 7.38. The first-order valence-electron chi connectivity index (χ1n) is 9.64. The summed E-state index contributed by atoms with van der Waals surface area (Å²) in [6.07, 6.45) is 0.0507. The van der Waals surface area contributed by atoms with Crippen LogP contribution in [0.1, 0.15) is 21.6 Å². The molecule has 0 saturated carbocycles. The number of fused-ring (bicyclic) bond motifs is 1. The molecule has 2 heterocycles. The number of nitrogens with zero attached hydrogens (tertiary/aromatic N) is 1. The number of benzene rings is 3. The first-order valence-corrected chi connectivity index (χ1v) is 9.64. The quantitative estimate of drug-likeness (QED) is 0.544. The molecular weight excluding hydrogens is 348 g/mol. The molecule has 1 aliphatic heterocycles. The summed E-state index contributed by atoms with van der Waals surface area (Å²) in [6.45, 7) is 3.55. The lowest BCUT2D eigenvalue weighted by Crippen LogP contribution is -2.35. The highest BCUT2D eigenvalue weighted by molar-refractivity contribution is 6.22. The van der Waals surface area contributed by atoms with Crippen LogP contribution in [0.15, 0.2) is 60.7 Å². The number of likely N-dealkylation sites (N-methyl/N-ethyl adjacent to an activating group) is 1. The van der Waals surface area contributed by atoms with Crippen LogP contribution < -0.4 is 10.1 Å². The molecule has 1 N–H and O–H groups in total. The highest BCUT2D eigenvalue weighted by Gasteiger charge is 2.29. The van der Waals surface area contributed by atoms with Gasteiger partial charge in [0.25, 0.3) is 0 Å². The number of hydrogen-bond acceptors (Lipinski definition) is 3. The Labute approximate surface area is 163 Å². The zero-order chi connectivity index (χ0) is 19.3. The number of ketones is 1. The van der Waals surface area contributed by atoms with Gasteiger partial charge in [0.05, 0.1) is 17.6 Å². The summed E-state index contributed by atoms with van der Waals surface area (Å²) in [7, 11) is 1.93. The molecule has 3 aromatic carbocycles. The van der Waals surface area contributed by atoms with Crippen LogP contribution in [-0.2, 0) is 6.54 Å². The highest BCUT2D eigenvalue weighted by Crippen LogP contribution is 2.38. The first-order chi connectivity index (χ1) is 13.7. The van der Waals surface area contributed by atoms with Gasteiger partial charge in [0.1, 0.15) is 11.9 Å². The van der Waals surface area contributed by atoms with E-state index in [-0.39, 0.29) is 11.9 Å². The van der Waals surface area contributed by atoms with Crippen molar-refractivity contribution in [3.8, 4) is 5.75 Å². The number of para-hydroxylation sites is 1. The van der Waals surface area contributed by atoms with Crippen LogP contribution in [-0.4, -0.2) is 30.0 Å². The Morgan fingerprint density at radius 3 is 2.68 bits per heavy atom. The molecule has 1 aliphatic rings. The van der Waals surface area contributed by atoms with Crippen molar-refractivity contribution in [2.45, 2.75) is 19.6 Å². The Bertz CT molecular complexity index is 1220. The van der Waals surface area contributed by atoms with Crippen molar-refractivity contribution in [1.82, 2.24) is 9.88 Å². The van der Waals surface area contributed by atoms with E-state index in [0.717, 1.165) is 57.3 Å². The predicted molar refractivity (Wildman–Crippen MR) is 112 cm³/mol. The number of carbonyl (C=O) groups excluding carboxylic acids is 1. The second-order valence-corrected chi connectivity index (χ2v) is 7.38. The van der Waals surface area contributed by atoms with Crippen molar-refractivity contribution in [3.05, 3.63) is 77.5 Å². The third-order valence-electron chi connectivity index (χ3n) is 5.68. The Hall–Kier alpha value is -3.11. The molecule has 0 radical (unpaired) electrons. The van der Waals surface area contributed by atoms with Crippen molar-refractivity contribution in [3.63, 3.8) is 0 Å². The van der Waals surface area contributed by atoms with Gasteiger partial charge in [-0.2, -0.15) is 0 Å². The van der Waals surface area contributed by atoms with Gasteiger partial charge in [0, 0.05) is 23.2 Å². The van der Waals surface area contributed by atoms with Crippen molar-refractivity contribution in [1.29, 1.82) is 0 Å². The Morgan fingerprint density at radius 1 is 1.07 bits per heavy atom. The number of aromatic nitrogens is 1. The summed E-state index contributed by atoms with van der Waals surface area (Å²) >= 11 is 0. The van der Waals surface area contributed by atoms with Crippen LogP contribution >= 0.6 is 0 Å². The van der Waals surface area contributed by atoms with E-state index < -0.39 is 0 Å². The van der Waals surface area contributed by atoms with E-state index in [4.69, 9.17) is 4.74 Å². The molecule has 1 atom stereocenters. The number of nitrogens with one attached hydrogen (secondary N) is 1. The molecule has 4 aromatic rings. The van der Waals surface area contributed by atoms with Crippen LogP contribution in [0.4, 0.5) is 0 Å². The molecule has 0 spiro atoms. The molecule has 0 bridgehead atoms. The second kappa shape index (κ2) is 6.50. The fraction of sp³-hybridized carbons (Fsp3) is 0.208. The van der Waals surface area contributed by atoms with Gasteiger partial charge in [-0.3, -0.25) is 4.79 Å². The topological polar surface area (TPSA) is 43.3 Å². The van der Waals surface area contributed by atoms with Gasteiger partial charge in [-0.05, 0) is 30.8 Å². The smallest absolute Gasteiger partial charge is 0.196 e. The van der Waals surface area contributed by atoms with Crippen molar-refractivity contribution < 1.29 is 9.53 Å². The molecule has 0 fully saturated rings. The standard InChI is InChI=1S/C24H22N2O2/c1-15-22(24(27)19-10-5-8-16-7-3-4-9-18(16)19)20-11-6-12-21-23(20)26(15)14-17(28-21)13-25-2/h3-12,17,25H,13-14H2,1-2H3. The summed E-state index contributed by atoms with van der Waals surface area (Å²) in [5, 5.41) is 6.23. The summed E-state index contributed by atoms with van der Waals surface area (Å²) in [5.41, 5.74) is 3.56. The molecular formula is C24H22N2O2. The van der Waals surface area contributed by atoms with Crippen molar-refractivity contribution in [2.75, 3.05) is 13.6 Å². The van der Waals surface area contributed by atoms with E-state index in [0.29, 0.717) is 0 Å². The van der Waals surface area contributed by atoms with Gasteiger partial charge >= 0.3 is 0 Å². The minimum Gasteiger partial charge on any atom is -0.485 e. The number of hydrogen-bond donors (Lipinski definition) is 1. The van der Waals surface area contributed by atoms with Crippen LogP contribution in [0, 0.1) is 6.92 Å². The highest BCUT2D eigenvalue weighted by atomic mass is 16.5. The van der Waals surface area contributed by atoms with Gasteiger partial charge in [0.2, 0.25) is 0 Å². The maximum absolute atomic E-state index is 13.7. The SMILES string of the molecule is CNCC1Cn2c(C)c(C(=O)c3cccc4ccccc34)c3cccc(c32)O1. The number of rotatable bonds is 4. The average Bonchev–Trinajstić information content (AvgIpc) is 3.00. The molecule has 4 heteroatoms. The zero-order valence-electron chi connectivity index (χ0n) is 16.0. The minimum atomic E-state index is 0.0507. The van der Waals surface area contributed by atoms with Crippen molar-refractivity contribution >= 4 is 27.5 Å². The zero-order valence-corrected chi connectivity index (χ0v) is 16.0. The van der Waals surface area contributed by atoms with Gasteiger partial charge in [-0.1, -0.05) is 54.6 Å². The van der Waals surface area contributed by atoms with Gasteiger partial charge in [-0.25, -0.2) is 0 Å². The van der Waals surface area contributed by atoms with Crippen LogP contribution in [0.25, 0.3) is 21.7 Å². The average molecular weight is 370 g/mol. The van der Waals surface area contributed by atoms with E-state index in [9.17, 15) is 4.79 Å². The summed E-state index contributed by atoms with van der Waals surface area (Å²) in [6, 6.07) is 20.0. The lowest BCUT2D eigenvalue weighted by molar-refractivity contribution is 0.104. The molecule has 4 nitrogen and oxygen atoms in total. The maximum Gasteiger partial charge on any atom is 0.196 e. The number of carbonyl (C=O) groups is 1. The number of ether oxygens (including phenoxy) is 1. The molecule has 1 unspecified atom stereocenters. The third-order valence-corrected chi connectivity index (χ3v) is 5.68.